The maximum atomic E-state index is 12.8. The Morgan fingerprint density at radius 3 is 2.63 bits per heavy atom. The van der Waals surface area contributed by atoms with Gasteiger partial charge < -0.3 is 15.2 Å². The van der Waals surface area contributed by atoms with Crippen LogP contribution in [0.25, 0.3) is 0 Å². The summed E-state index contributed by atoms with van der Waals surface area (Å²) in [5, 5.41) is 12.7. The lowest BCUT2D eigenvalue weighted by atomic mass is 10.1. The van der Waals surface area contributed by atoms with Gasteiger partial charge in [0.05, 0.1) is 19.1 Å². The fraction of sp³-hybridized carbons (Fsp3) is 0.500. The highest BCUT2D eigenvalue weighted by Crippen LogP contribution is 2.12. The van der Waals surface area contributed by atoms with Crippen LogP contribution in [0, 0.1) is 5.82 Å². The Morgan fingerprint density at radius 1 is 1.42 bits per heavy atom. The standard InChI is InChI=1S/C14H20FNO3/c1-3-19-14(18)8-13(17)9-16-10(2)11-4-6-12(15)7-5-11/h4-7,10,13,16-17H,3,8-9H2,1-2H3. The highest BCUT2D eigenvalue weighted by molar-refractivity contribution is 5.69. The van der Waals surface area contributed by atoms with Crippen LogP contribution < -0.4 is 5.32 Å². The number of carbonyl (C=O) groups excluding carboxylic acids is 1. The highest BCUT2D eigenvalue weighted by atomic mass is 19.1. The van der Waals surface area contributed by atoms with Crippen molar-refractivity contribution in [1.29, 1.82) is 0 Å². The van der Waals surface area contributed by atoms with E-state index in [9.17, 15) is 14.3 Å². The van der Waals surface area contributed by atoms with Gasteiger partial charge in [-0.3, -0.25) is 4.79 Å². The van der Waals surface area contributed by atoms with Crippen molar-refractivity contribution in [2.75, 3.05) is 13.2 Å². The van der Waals surface area contributed by atoms with Crippen molar-refractivity contribution in [1.82, 2.24) is 5.32 Å². The molecule has 0 bridgehead atoms. The highest BCUT2D eigenvalue weighted by Gasteiger charge is 2.13. The number of halogens is 1. The normalized spacial score (nSPS) is 13.9. The van der Waals surface area contributed by atoms with E-state index in [1.165, 1.54) is 12.1 Å². The van der Waals surface area contributed by atoms with Crippen molar-refractivity contribution in [3.05, 3.63) is 35.6 Å². The zero-order valence-electron chi connectivity index (χ0n) is 11.2. The lowest BCUT2D eigenvalue weighted by molar-refractivity contribution is -0.145. The molecular formula is C14H20FNO3. The predicted octanol–water partition coefficient (Wildman–Crippen LogP) is 1.79. The van der Waals surface area contributed by atoms with E-state index in [2.05, 4.69) is 5.32 Å². The predicted molar refractivity (Wildman–Crippen MR) is 70.1 cm³/mol. The maximum absolute atomic E-state index is 12.8. The molecule has 1 aromatic rings. The first-order valence-corrected chi connectivity index (χ1v) is 6.35. The molecule has 0 heterocycles. The Labute approximate surface area is 112 Å². The second kappa shape index (κ2) is 7.86. The summed E-state index contributed by atoms with van der Waals surface area (Å²) in [7, 11) is 0. The number of aliphatic hydroxyl groups is 1. The smallest absolute Gasteiger partial charge is 0.308 e. The van der Waals surface area contributed by atoms with Crippen LogP contribution in [0.5, 0.6) is 0 Å². The van der Waals surface area contributed by atoms with E-state index < -0.39 is 12.1 Å². The van der Waals surface area contributed by atoms with Crippen LogP contribution in [0.15, 0.2) is 24.3 Å². The van der Waals surface area contributed by atoms with Crippen LogP contribution >= 0.6 is 0 Å². The van der Waals surface area contributed by atoms with Gasteiger partial charge >= 0.3 is 5.97 Å². The van der Waals surface area contributed by atoms with Gasteiger partial charge in [-0.25, -0.2) is 4.39 Å². The summed E-state index contributed by atoms with van der Waals surface area (Å²) >= 11 is 0. The zero-order valence-corrected chi connectivity index (χ0v) is 11.2. The van der Waals surface area contributed by atoms with Gasteiger partial charge in [-0.15, -0.1) is 0 Å². The van der Waals surface area contributed by atoms with Gasteiger partial charge in [0.1, 0.15) is 5.82 Å². The van der Waals surface area contributed by atoms with Gasteiger partial charge in [0, 0.05) is 12.6 Å². The van der Waals surface area contributed by atoms with Gasteiger partial charge in [0.2, 0.25) is 0 Å². The monoisotopic (exact) mass is 269 g/mol. The fourth-order valence-corrected chi connectivity index (χ4v) is 1.67. The molecule has 0 aliphatic rings. The zero-order chi connectivity index (χ0) is 14.3. The Morgan fingerprint density at radius 2 is 2.05 bits per heavy atom. The van der Waals surface area contributed by atoms with Crippen molar-refractivity contribution in [2.24, 2.45) is 0 Å². The van der Waals surface area contributed by atoms with Crippen LogP contribution in [0.2, 0.25) is 0 Å². The molecular weight excluding hydrogens is 249 g/mol. The molecule has 0 spiro atoms. The maximum Gasteiger partial charge on any atom is 0.308 e. The third-order valence-electron chi connectivity index (χ3n) is 2.74. The molecule has 5 heteroatoms. The minimum Gasteiger partial charge on any atom is -0.466 e. The van der Waals surface area contributed by atoms with Crippen molar-refractivity contribution in [2.45, 2.75) is 32.4 Å². The average Bonchev–Trinajstić information content (AvgIpc) is 2.37. The number of benzene rings is 1. The van der Waals surface area contributed by atoms with Crippen molar-refractivity contribution in [3.63, 3.8) is 0 Å². The Hall–Kier alpha value is -1.46. The molecule has 4 nitrogen and oxygen atoms in total. The molecule has 0 radical (unpaired) electrons. The Kier molecular flexibility index (Phi) is 6.45. The molecule has 0 saturated heterocycles. The molecule has 106 valence electrons. The number of aliphatic hydroxyl groups excluding tert-OH is 1. The lowest BCUT2D eigenvalue weighted by Gasteiger charge is -2.17. The summed E-state index contributed by atoms with van der Waals surface area (Å²) in [6, 6.07) is 6.12. The van der Waals surface area contributed by atoms with Gasteiger partial charge in [-0.2, -0.15) is 0 Å². The van der Waals surface area contributed by atoms with E-state index in [0.29, 0.717) is 6.61 Å². The van der Waals surface area contributed by atoms with Crippen molar-refractivity contribution >= 4 is 5.97 Å². The second-order valence-corrected chi connectivity index (χ2v) is 4.34. The van der Waals surface area contributed by atoms with Crippen LogP contribution in [-0.4, -0.2) is 30.3 Å². The van der Waals surface area contributed by atoms with Crippen molar-refractivity contribution < 1.29 is 19.0 Å². The molecule has 0 aromatic heterocycles. The number of nitrogens with one attached hydrogen (secondary N) is 1. The van der Waals surface area contributed by atoms with Gasteiger partial charge in [0.15, 0.2) is 0 Å². The van der Waals surface area contributed by atoms with Crippen LogP contribution in [0.3, 0.4) is 0 Å². The first kappa shape index (κ1) is 15.6. The SMILES string of the molecule is CCOC(=O)CC(O)CNC(C)c1ccc(F)cc1. The molecule has 0 aliphatic carbocycles. The number of hydrogen-bond donors (Lipinski definition) is 2. The molecule has 1 rings (SSSR count). The Bertz CT molecular complexity index is 394. The van der Waals surface area contributed by atoms with E-state index in [1.54, 1.807) is 19.1 Å². The lowest BCUT2D eigenvalue weighted by Crippen LogP contribution is -2.31. The molecule has 2 N–H and O–H groups in total. The first-order chi connectivity index (χ1) is 9.02. The number of esters is 1. The Balaban J connectivity index is 2.35. The summed E-state index contributed by atoms with van der Waals surface area (Å²) in [4.78, 5) is 11.2. The van der Waals surface area contributed by atoms with Gasteiger partial charge in [-0.1, -0.05) is 12.1 Å². The summed E-state index contributed by atoms with van der Waals surface area (Å²) < 4.78 is 17.5. The van der Waals surface area contributed by atoms with E-state index >= 15 is 0 Å². The second-order valence-electron chi connectivity index (χ2n) is 4.34. The third kappa shape index (κ3) is 5.81. The molecule has 0 aliphatic heterocycles. The fourth-order valence-electron chi connectivity index (χ4n) is 1.67. The summed E-state index contributed by atoms with van der Waals surface area (Å²) in [5.41, 5.74) is 0.921. The molecule has 2 atom stereocenters. The molecule has 0 saturated carbocycles. The molecule has 0 fully saturated rings. The first-order valence-electron chi connectivity index (χ1n) is 6.35. The van der Waals surface area contributed by atoms with Gasteiger partial charge in [0.25, 0.3) is 0 Å². The molecule has 19 heavy (non-hydrogen) atoms. The number of rotatable bonds is 7. The molecule has 0 amide bonds. The van der Waals surface area contributed by atoms with E-state index in [0.717, 1.165) is 5.56 Å². The molecule has 2 unspecified atom stereocenters. The van der Waals surface area contributed by atoms with E-state index in [-0.39, 0.29) is 24.8 Å². The largest absolute Gasteiger partial charge is 0.466 e. The minimum absolute atomic E-state index is 0.0301. The minimum atomic E-state index is -0.790. The van der Waals surface area contributed by atoms with E-state index in [4.69, 9.17) is 4.74 Å². The number of ether oxygens (including phenoxy) is 1. The van der Waals surface area contributed by atoms with Crippen LogP contribution in [-0.2, 0) is 9.53 Å². The van der Waals surface area contributed by atoms with Crippen LogP contribution in [0.4, 0.5) is 4.39 Å². The number of carbonyl (C=O) groups is 1. The quantitative estimate of drug-likeness (QED) is 0.741. The van der Waals surface area contributed by atoms with Crippen LogP contribution in [0.1, 0.15) is 31.9 Å². The average molecular weight is 269 g/mol. The topological polar surface area (TPSA) is 58.6 Å². The van der Waals surface area contributed by atoms with Gasteiger partial charge in [-0.05, 0) is 31.5 Å². The van der Waals surface area contributed by atoms with E-state index in [1.807, 2.05) is 6.92 Å². The number of hydrogen-bond acceptors (Lipinski definition) is 4. The third-order valence-corrected chi connectivity index (χ3v) is 2.74. The van der Waals surface area contributed by atoms with Crippen molar-refractivity contribution in [3.8, 4) is 0 Å². The molecule has 1 aromatic carbocycles. The summed E-state index contributed by atoms with van der Waals surface area (Å²) in [5.74, 6) is -0.690. The summed E-state index contributed by atoms with van der Waals surface area (Å²) in [6.45, 7) is 4.21. The summed E-state index contributed by atoms with van der Waals surface area (Å²) in [6.07, 6.45) is -0.821.